The molecule has 0 radical (unpaired) electrons. The Morgan fingerprint density at radius 3 is 2.48 bits per heavy atom. The Bertz CT molecular complexity index is 966. The maximum Gasteiger partial charge on any atom is 0.248 e. The molecule has 3 aromatic rings. The van der Waals surface area contributed by atoms with Gasteiger partial charge >= 0.3 is 0 Å². The van der Waals surface area contributed by atoms with Crippen molar-refractivity contribution in [1.82, 2.24) is 14.5 Å². The lowest BCUT2D eigenvalue weighted by Crippen LogP contribution is -2.44. The standard InChI is InChI=1S/C22H23FN4O2/c1-26-19(16-5-3-2-4-6-16)15-24-22(26)25-21(28)20(27-11-13-29-14-12-27)17-7-9-18(23)10-8-17/h2-10,15,20H,11-14H2,1H3,(H,24,25,28). The van der Waals surface area contributed by atoms with Gasteiger partial charge in [-0.2, -0.15) is 0 Å². The Balaban J connectivity index is 1.60. The van der Waals surface area contributed by atoms with Crippen molar-refractivity contribution in [2.75, 3.05) is 31.6 Å². The number of hydrogen-bond donors (Lipinski definition) is 1. The molecule has 1 fully saturated rings. The van der Waals surface area contributed by atoms with Crippen molar-refractivity contribution in [3.8, 4) is 11.3 Å². The monoisotopic (exact) mass is 394 g/mol. The number of halogens is 1. The summed E-state index contributed by atoms with van der Waals surface area (Å²) in [5.74, 6) is -0.0625. The summed E-state index contributed by atoms with van der Waals surface area (Å²) < 4.78 is 20.7. The maximum atomic E-state index is 13.4. The van der Waals surface area contributed by atoms with Crippen LogP contribution in [0.3, 0.4) is 0 Å². The average molecular weight is 394 g/mol. The van der Waals surface area contributed by atoms with Gasteiger partial charge in [-0.25, -0.2) is 9.37 Å². The summed E-state index contributed by atoms with van der Waals surface area (Å²) >= 11 is 0. The number of hydrogen-bond acceptors (Lipinski definition) is 4. The van der Waals surface area contributed by atoms with E-state index in [1.165, 1.54) is 12.1 Å². The molecule has 0 saturated carbocycles. The molecule has 0 spiro atoms. The van der Waals surface area contributed by atoms with Crippen molar-refractivity contribution in [3.63, 3.8) is 0 Å². The molecule has 4 rings (SSSR count). The summed E-state index contributed by atoms with van der Waals surface area (Å²) in [4.78, 5) is 19.7. The van der Waals surface area contributed by atoms with Crippen LogP contribution in [0.5, 0.6) is 0 Å². The summed E-state index contributed by atoms with van der Waals surface area (Å²) in [6.45, 7) is 2.38. The van der Waals surface area contributed by atoms with Crippen LogP contribution in [0.1, 0.15) is 11.6 Å². The first kappa shape index (κ1) is 19.3. The normalized spacial score (nSPS) is 15.8. The number of carbonyl (C=O) groups is 1. The van der Waals surface area contributed by atoms with E-state index < -0.39 is 6.04 Å². The molecule has 1 saturated heterocycles. The molecule has 1 atom stereocenters. The highest BCUT2D eigenvalue weighted by Gasteiger charge is 2.30. The van der Waals surface area contributed by atoms with Crippen LogP contribution in [-0.2, 0) is 16.6 Å². The number of imidazole rings is 1. The molecule has 0 aliphatic carbocycles. The van der Waals surface area contributed by atoms with Crippen LogP contribution in [0.25, 0.3) is 11.3 Å². The van der Waals surface area contributed by atoms with Gasteiger partial charge in [0, 0.05) is 20.1 Å². The van der Waals surface area contributed by atoms with E-state index in [-0.39, 0.29) is 11.7 Å². The van der Waals surface area contributed by atoms with E-state index in [4.69, 9.17) is 4.74 Å². The fourth-order valence-corrected chi connectivity index (χ4v) is 3.59. The second-order valence-corrected chi connectivity index (χ2v) is 6.98. The summed E-state index contributed by atoms with van der Waals surface area (Å²) in [5.41, 5.74) is 2.67. The van der Waals surface area contributed by atoms with Crippen molar-refractivity contribution in [3.05, 3.63) is 72.2 Å². The van der Waals surface area contributed by atoms with Gasteiger partial charge in [0.15, 0.2) is 0 Å². The molecule has 1 amide bonds. The van der Waals surface area contributed by atoms with E-state index in [2.05, 4.69) is 10.3 Å². The van der Waals surface area contributed by atoms with E-state index in [1.807, 2.05) is 46.8 Å². The highest BCUT2D eigenvalue weighted by molar-refractivity contribution is 5.94. The van der Waals surface area contributed by atoms with E-state index in [1.54, 1.807) is 18.3 Å². The Hall–Kier alpha value is -3.03. The predicted octanol–water partition coefficient (Wildman–Crippen LogP) is 3.24. The summed E-state index contributed by atoms with van der Waals surface area (Å²) in [6.07, 6.45) is 1.74. The summed E-state index contributed by atoms with van der Waals surface area (Å²) in [5, 5.41) is 2.95. The number of aromatic nitrogens is 2. The minimum atomic E-state index is -0.545. The van der Waals surface area contributed by atoms with Crippen molar-refractivity contribution < 1.29 is 13.9 Å². The number of rotatable bonds is 5. The van der Waals surface area contributed by atoms with E-state index in [9.17, 15) is 9.18 Å². The van der Waals surface area contributed by atoms with Crippen LogP contribution in [0.2, 0.25) is 0 Å². The van der Waals surface area contributed by atoms with Crippen molar-refractivity contribution in [1.29, 1.82) is 0 Å². The number of nitrogens with one attached hydrogen (secondary N) is 1. The number of nitrogens with zero attached hydrogens (tertiary/aromatic N) is 3. The van der Waals surface area contributed by atoms with Gasteiger partial charge in [-0.15, -0.1) is 0 Å². The molecule has 29 heavy (non-hydrogen) atoms. The van der Waals surface area contributed by atoms with Gasteiger partial charge in [-0.3, -0.25) is 15.0 Å². The molecular weight excluding hydrogens is 371 g/mol. The lowest BCUT2D eigenvalue weighted by atomic mass is 10.0. The Morgan fingerprint density at radius 1 is 1.10 bits per heavy atom. The smallest absolute Gasteiger partial charge is 0.248 e. The molecule has 7 heteroatoms. The third-order valence-corrected chi connectivity index (χ3v) is 5.14. The molecule has 6 nitrogen and oxygen atoms in total. The number of anilines is 1. The van der Waals surface area contributed by atoms with Crippen LogP contribution < -0.4 is 5.32 Å². The topological polar surface area (TPSA) is 59.4 Å². The van der Waals surface area contributed by atoms with Crippen molar-refractivity contribution in [2.45, 2.75) is 6.04 Å². The zero-order chi connectivity index (χ0) is 20.2. The fourth-order valence-electron chi connectivity index (χ4n) is 3.59. The largest absolute Gasteiger partial charge is 0.379 e. The fraction of sp³-hybridized carbons (Fsp3) is 0.273. The molecule has 1 aromatic heterocycles. The predicted molar refractivity (Wildman–Crippen MR) is 109 cm³/mol. The van der Waals surface area contributed by atoms with Gasteiger partial charge in [-0.1, -0.05) is 42.5 Å². The Morgan fingerprint density at radius 2 is 1.79 bits per heavy atom. The second kappa shape index (κ2) is 8.55. The number of carbonyl (C=O) groups excluding carboxylic acids is 1. The highest BCUT2D eigenvalue weighted by atomic mass is 19.1. The number of amides is 1. The maximum absolute atomic E-state index is 13.4. The second-order valence-electron chi connectivity index (χ2n) is 6.98. The molecule has 0 bridgehead atoms. The van der Waals surface area contributed by atoms with Crippen LogP contribution >= 0.6 is 0 Å². The molecule has 1 unspecified atom stereocenters. The van der Waals surface area contributed by atoms with Crippen LogP contribution in [-0.4, -0.2) is 46.7 Å². The Labute approximate surface area is 168 Å². The van der Waals surface area contributed by atoms with Gasteiger partial charge < -0.3 is 9.30 Å². The van der Waals surface area contributed by atoms with Crippen molar-refractivity contribution in [2.24, 2.45) is 7.05 Å². The van der Waals surface area contributed by atoms with Gasteiger partial charge in [0.2, 0.25) is 11.9 Å². The molecular formula is C22H23FN4O2. The minimum absolute atomic E-state index is 0.202. The third kappa shape index (κ3) is 4.21. The summed E-state index contributed by atoms with van der Waals surface area (Å²) in [7, 11) is 1.87. The molecule has 150 valence electrons. The number of benzene rings is 2. The van der Waals surface area contributed by atoms with Gasteiger partial charge in [-0.05, 0) is 23.3 Å². The highest BCUT2D eigenvalue weighted by Crippen LogP contribution is 2.26. The summed E-state index contributed by atoms with van der Waals surface area (Å²) in [6, 6.07) is 15.4. The molecule has 1 aliphatic rings. The third-order valence-electron chi connectivity index (χ3n) is 5.14. The van der Waals surface area contributed by atoms with Crippen molar-refractivity contribution >= 4 is 11.9 Å². The number of morpholine rings is 1. The van der Waals surface area contributed by atoms with Crippen LogP contribution in [0.15, 0.2) is 60.8 Å². The first-order valence-electron chi connectivity index (χ1n) is 9.59. The molecule has 1 aliphatic heterocycles. The molecule has 1 N–H and O–H groups in total. The zero-order valence-electron chi connectivity index (χ0n) is 16.2. The lowest BCUT2D eigenvalue weighted by molar-refractivity contribution is -0.123. The van der Waals surface area contributed by atoms with Gasteiger partial charge in [0.05, 0.1) is 25.1 Å². The first-order valence-corrected chi connectivity index (χ1v) is 9.59. The van der Waals surface area contributed by atoms with Crippen LogP contribution in [0, 0.1) is 5.82 Å². The van der Waals surface area contributed by atoms with E-state index in [0.717, 1.165) is 16.8 Å². The molecule has 2 heterocycles. The zero-order valence-corrected chi connectivity index (χ0v) is 16.2. The lowest BCUT2D eigenvalue weighted by Gasteiger charge is -2.33. The van der Waals surface area contributed by atoms with E-state index >= 15 is 0 Å². The van der Waals surface area contributed by atoms with Crippen LogP contribution in [0.4, 0.5) is 10.3 Å². The number of ether oxygens (including phenoxy) is 1. The first-order chi connectivity index (χ1) is 14.1. The minimum Gasteiger partial charge on any atom is -0.379 e. The average Bonchev–Trinajstić information content (AvgIpc) is 3.11. The quantitative estimate of drug-likeness (QED) is 0.722. The Kier molecular flexibility index (Phi) is 5.69. The van der Waals surface area contributed by atoms with Gasteiger partial charge in [0.1, 0.15) is 11.9 Å². The van der Waals surface area contributed by atoms with E-state index in [0.29, 0.717) is 32.3 Å². The molecule has 2 aromatic carbocycles. The SMILES string of the molecule is Cn1c(-c2ccccc2)cnc1NC(=O)C(c1ccc(F)cc1)N1CCOCC1. The van der Waals surface area contributed by atoms with Gasteiger partial charge in [0.25, 0.3) is 0 Å².